The van der Waals surface area contributed by atoms with E-state index in [2.05, 4.69) is 46.9 Å². The Labute approximate surface area is 176 Å². The first-order valence-corrected chi connectivity index (χ1v) is 11.1. The number of anilines is 1. The van der Waals surface area contributed by atoms with Gasteiger partial charge in [-0.05, 0) is 37.4 Å². The van der Waals surface area contributed by atoms with Crippen LogP contribution in [0.5, 0.6) is 5.75 Å². The fourth-order valence-electron chi connectivity index (χ4n) is 3.92. The van der Waals surface area contributed by atoms with Crippen LogP contribution < -0.4 is 15.8 Å². The second-order valence-corrected chi connectivity index (χ2v) is 8.14. The van der Waals surface area contributed by atoms with Gasteiger partial charge in [0.15, 0.2) is 0 Å². The Morgan fingerprint density at radius 2 is 2.03 bits per heavy atom. The lowest BCUT2D eigenvalue weighted by molar-refractivity contribution is 0.287. The van der Waals surface area contributed by atoms with Crippen LogP contribution in [0.15, 0.2) is 40.1 Å². The Hall–Kier alpha value is -2.22. The highest BCUT2D eigenvalue weighted by Crippen LogP contribution is 2.53. The molecule has 0 fully saturated rings. The van der Waals surface area contributed by atoms with Gasteiger partial charge in [0.05, 0.1) is 24.7 Å². The average molecular weight is 412 g/mol. The van der Waals surface area contributed by atoms with Gasteiger partial charge < -0.3 is 20.7 Å². The monoisotopic (exact) mass is 411 g/mol. The van der Waals surface area contributed by atoms with Crippen LogP contribution in [0.3, 0.4) is 0 Å². The van der Waals surface area contributed by atoms with Crippen molar-refractivity contribution in [3.8, 4) is 17.0 Å². The second-order valence-electron chi connectivity index (χ2n) is 7.09. The molecule has 4 rings (SSSR count). The van der Waals surface area contributed by atoms with E-state index in [1.54, 1.807) is 18.9 Å². The van der Waals surface area contributed by atoms with E-state index in [-0.39, 0.29) is 0 Å². The van der Waals surface area contributed by atoms with E-state index in [4.69, 9.17) is 15.6 Å². The van der Waals surface area contributed by atoms with E-state index in [1.165, 1.54) is 20.7 Å². The summed E-state index contributed by atoms with van der Waals surface area (Å²) >= 11 is 1.78. The Morgan fingerprint density at radius 3 is 2.76 bits per heavy atom. The zero-order valence-electron chi connectivity index (χ0n) is 17.4. The molecule has 1 aliphatic rings. The van der Waals surface area contributed by atoms with E-state index in [1.807, 2.05) is 12.1 Å². The molecule has 0 radical (unpaired) electrons. The predicted octanol–water partition coefficient (Wildman–Crippen LogP) is 3.89. The molecule has 29 heavy (non-hydrogen) atoms. The maximum atomic E-state index is 5.73. The van der Waals surface area contributed by atoms with Crippen LogP contribution in [-0.2, 0) is 6.54 Å². The Balaban J connectivity index is 1.87. The van der Waals surface area contributed by atoms with E-state index >= 15 is 0 Å². The van der Waals surface area contributed by atoms with Crippen molar-refractivity contribution in [2.24, 2.45) is 5.73 Å². The summed E-state index contributed by atoms with van der Waals surface area (Å²) < 4.78 is 7.85. The number of likely N-dealkylation sites (N-methyl/N-ethyl adjacent to an activating group) is 1. The molecule has 0 saturated carbocycles. The molecule has 154 valence electrons. The number of hydrogen-bond donors (Lipinski definition) is 2. The van der Waals surface area contributed by atoms with Crippen molar-refractivity contribution in [3.63, 3.8) is 0 Å². The molecule has 0 atom stereocenters. The summed E-state index contributed by atoms with van der Waals surface area (Å²) in [7, 11) is 1.73. The lowest BCUT2D eigenvalue weighted by atomic mass is 10.1. The molecule has 1 aromatic heterocycles. The number of aromatic nitrogens is 2. The highest BCUT2D eigenvalue weighted by molar-refractivity contribution is 8.00. The SMILES string of the molecule is CCN(CC)CCn1nc2c3c(c(NCCN)ccc31)Sc1cccc(OC)c1-2. The molecular weight excluding hydrogens is 382 g/mol. The van der Waals surface area contributed by atoms with Gasteiger partial charge in [-0.25, -0.2) is 0 Å². The molecule has 2 heterocycles. The molecule has 0 unspecified atom stereocenters. The number of benzene rings is 2. The van der Waals surface area contributed by atoms with Crippen molar-refractivity contribution in [2.45, 2.75) is 30.2 Å². The third kappa shape index (κ3) is 3.58. The zero-order valence-corrected chi connectivity index (χ0v) is 18.2. The largest absolute Gasteiger partial charge is 0.496 e. The Morgan fingerprint density at radius 1 is 1.21 bits per heavy atom. The molecule has 0 amide bonds. The number of hydrogen-bond acceptors (Lipinski definition) is 6. The summed E-state index contributed by atoms with van der Waals surface area (Å²) in [5.41, 5.74) is 10.1. The van der Waals surface area contributed by atoms with E-state index in [0.29, 0.717) is 6.54 Å². The summed E-state index contributed by atoms with van der Waals surface area (Å²) in [4.78, 5) is 4.82. The molecule has 6 nitrogen and oxygen atoms in total. The van der Waals surface area contributed by atoms with Gasteiger partial charge in [0.1, 0.15) is 11.4 Å². The molecule has 0 saturated heterocycles. The third-order valence-corrected chi connectivity index (χ3v) is 6.70. The normalized spacial score (nSPS) is 12.4. The minimum Gasteiger partial charge on any atom is -0.496 e. The number of methoxy groups -OCH3 is 1. The number of nitrogens with zero attached hydrogens (tertiary/aromatic N) is 3. The summed E-state index contributed by atoms with van der Waals surface area (Å²) in [6.07, 6.45) is 0. The average Bonchev–Trinajstić information content (AvgIpc) is 3.13. The van der Waals surface area contributed by atoms with Gasteiger partial charge in [0.25, 0.3) is 0 Å². The maximum absolute atomic E-state index is 5.73. The van der Waals surface area contributed by atoms with Crippen LogP contribution in [0.4, 0.5) is 5.69 Å². The predicted molar refractivity (Wildman–Crippen MR) is 121 cm³/mol. The summed E-state index contributed by atoms with van der Waals surface area (Å²) in [6.45, 7) is 9.70. The van der Waals surface area contributed by atoms with Crippen molar-refractivity contribution in [3.05, 3.63) is 30.3 Å². The fourth-order valence-corrected chi connectivity index (χ4v) is 5.14. The molecule has 3 aromatic rings. The molecule has 7 heteroatoms. The van der Waals surface area contributed by atoms with Crippen molar-refractivity contribution >= 4 is 28.4 Å². The number of rotatable bonds is 9. The summed E-state index contributed by atoms with van der Waals surface area (Å²) in [6, 6.07) is 10.5. The van der Waals surface area contributed by atoms with Gasteiger partial charge in [-0.3, -0.25) is 4.68 Å². The van der Waals surface area contributed by atoms with Crippen molar-refractivity contribution in [2.75, 3.05) is 45.2 Å². The van der Waals surface area contributed by atoms with Crippen molar-refractivity contribution in [1.29, 1.82) is 0 Å². The first kappa shape index (κ1) is 20.1. The van der Waals surface area contributed by atoms with E-state index in [9.17, 15) is 0 Å². The molecule has 0 bridgehead atoms. The van der Waals surface area contributed by atoms with Gasteiger partial charge in [-0.2, -0.15) is 5.10 Å². The van der Waals surface area contributed by atoms with Crippen molar-refractivity contribution < 1.29 is 4.74 Å². The Kier molecular flexibility index (Phi) is 5.99. The molecule has 2 aromatic carbocycles. The zero-order chi connectivity index (χ0) is 20.4. The first-order chi connectivity index (χ1) is 14.2. The fraction of sp³-hybridized carbons (Fsp3) is 0.409. The van der Waals surface area contributed by atoms with E-state index in [0.717, 1.165) is 55.4 Å². The smallest absolute Gasteiger partial charge is 0.129 e. The molecule has 0 spiro atoms. The molecule has 1 aliphatic heterocycles. The van der Waals surface area contributed by atoms with Crippen LogP contribution in [0, 0.1) is 0 Å². The maximum Gasteiger partial charge on any atom is 0.129 e. The Bertz CT molecular complexity index is 1010. The topological polar surface area (TPSA) is 68.3 Å². The van der Waals surface area contributed by atoms with Gasteiger partial charge in [-0.15, -0.1) is 0 Å². The van der Waals surface area contributed by atoms with Gasteiger partial charge in [-0.1, -0.05) is 31.7 Å². The van der Waals surface area contributed by atoms with Crippen molar-refractivity contribution in [1.82, 2.24) is 14.7 Å². The van der Waals surface area contributed by atoms with Crippen LogP contribution >= 0.6 is 11.8 Å². The van der Waals surface area contributed by atoms with Crippen LogP contribution in [0.25, 0.3) is 22.2 Å². The number of fused-ring (bicyclic) bond motifs is 2. The minimum absolute atomic E-state index is 0.600. The highest BCUT2D eigenvalue weighted by Gasteiger charge is 2.28. The highest BCUT2D eigenvalue weighted by atomic mass is 32.2. The lowest BCUT2D eigenvalue weighted by Crippen LogP contribution is -2.27. The number of nitrogens with two attached hydrogens (primary N) is 1. The number of nitrogens with one attached hydrogen (secondary N) is 1. The molecule has 0 aliphatic carbocycles. The van der Waals surface area contributed by atoms with Crippen LogP contribution in [-0.4, -0.2) is 54.5 Å². The summed E-state index contributed by atoms with van der Waals surface area (Å²) in [5, 5.41) is 9.76. The van der Waals surface area contributed by atoms with Crippen LogP contribution in [0.2, 0.25) is 0 Å². The molecule has 3 N–H and O–H groups in total. The van der Waals surface area contributed by atoms with Crippen LogP contribution in [0.1, 0.15) is 13.8 Å². The second kappa shape index (κ2) is 8.65. The summed E-state index contributed by atoms with van der Waals surface area (Å²) in [5.74, 6) is 0.872. The quantitative estimate of drug-likeness (QED) is 0.436. The first-order valence-electron chi connectivity index (χ1n) is 10.3. The van der Waals surface area contributed by atoms with E-state index < -0.39 is 0 Å². The lowest BCUT2D eigenvalue weighted by Gasteiger charge is -2.20. The van der Waals surface area contributed by atoms with Gasteiger partial charge >= 0.3 is 0 Å². The standard InChI is InChI=1S/C22H29N5OS/c1-4-26(5-2)13-14-27-16-10-9-15(24-12-11-23)22-19(16)21(25-27)20-17(28-3)7-6-8-18(20)29-22/h6-10,24H,4-5,11-14,23H2,1-3H3. The van der Waals surface area contributed by atoms with Gasteiger partial charge in [0.2, 0.25) is 0 Å². The minimum atomic E-state index is 0.600. The van der Waals surface area contributed by atoms with Gasteiger partial charge in [0, 0.05) is 40.5 Å². The third-order valence-electron chi connectivity index (χ3n) is 5.51. The molecular formula is C22H29N5OS. The number of ether oxygens (including phenoxy) is 1.